The number of nitrogens with zero attached hydrogens (tertiary/aromatic N) is 5. The lowest BCUT2D eigenvalue weighted by Crippen LogP contribution is -2.36. The van der Waals surface area contributed by atoms with E-state index >= 15 is 0 Å². The molecule has 0 aliphatic carbocycles. The first-order valence-corrected chi connectivity index (χ1v) is 8.62. The van der Waals surface area contributed by atoms with Crippen molar-refractivity contribution in [2.45, 2.75) is 32.5 Å². The highest BCUT2D eigenvalue weighted by atomic mass is 16.5. The van der Waals surface area contributed by atoms with Crippen LogP contribution in [0.1, 0.15) is 24.2 Å². The first-order valence-electron chi connectivity index (χ1n) is 8.62. The summed E-state index contributed by atoms with van der Waals surface area (Å²) in [5.74, 6) is 0.845. The van der Waals surface area contributed by atoms with Gasteiger partial charge < -0.3 is 14.4 Å². The van der Waals surface area contributed by atoms with Crippen LogP contribution >= 0.6 is 0 Å². The molecule has 2 aliphatic rings. The van der Waals surface area contributed by atoms with Crippen LogP contribution in [0.25, 0.3) is 0 Å². The fourth-order valence-corrected chi connectivity index (χ4v) is 3.26. The fraction of sp³-hybridized carbons (Fsp3) is 0.529. The molecule has 1 amide bonds. The summed E-state index contributed by atoms with van der Waals surface area (Å²) < 4.78 is 13.0. The molecule has 0 aromatic carbocycles. The maximum absolute atomic E-state index is 12.7. The van der Waals surface area contributed by atoms with E-state index in [1.807, 2.05) is 21.7 Å². The molecule has 2 aliphatic heterocycles. The topological polar surface area (TPSA) is 82.4 Å². The van der Waals surface area contributed by atoms with E-state index in [1.54, 1.807) is 12.4 Å². The van der Waals surface area contributed by atoms with Gasteiger partial charge in [-0.3, -0.25) is 9.78 Å². The Kier molecular flexibility index (Phi) is 4.60. The largest absolute Gasteiger partial charge is 0.486 e. The Hall–Kier alpha value is -2.48. The maximum atomic E-state index is 12.7. The van der Waals surface area contributed by atoms with E-state index in [0.29, 0.717) is 32.1 Å². The Bertz CT molecular complexity index is 727. The van der Waals surface area contributed by atoms with Gasteiger partial charge in [-0.2, -0.15) is 0 Å². The molecule has 8 heteroatoms. The zero-order valence-corrected chi connectivity index (χ0v) is 14.0. The molecule has 1 fully saturated rings. The van der Waals surface area contributed by atoms with Crippen LogP contribution in [0, 0.1) is 5.92 Å². The average Bonchev–Trinajstić information content (AvgIpc) is 3.26. The quantitative estimate of drug-likeness (QED) is 0.824. The van der Waals surface area contributed by atoms with Gasteiger partial charge in [0.05, 0.1) is 31.0 Å². The van der Waals surface area contributed by atoms with Crippen LogP contribution in [-0.4, -0.2) is 50.5 Å². The molecule has 0 bridgehead atoms. The van der Waals surface area contributed by atoms with E-state index in [-0.39, 0.29) is 11.8 Å². The number of pyridine rings is 1. The summed E-state index contributed by atoms with van der Waals surface area (Å²) in [6.45, 7) is 3.54. The molecule has 0 radical (unpaired) electrons. The van der Waals surface area contributed by atoms with Gasteiger partial charge in [0, 0.05) is 25.9 Å². The van der Waals surface area contributed by atoms with Gasteiger partial charge in [-0.05, 0) is 25.0 Å². The standard InChI is InChI=1S/C17H21N5O3/c23-17(13-4-8-24-11-13)21-6-2-7-22-16(10-21)15(19-20-22)12-25-14-3-1-5-18-9-14/h1,3,5,9,13H,2,4,6-8,10-12H2. The first kappa shape index (κ1) is 16.0. The summed E-state index contributed by atoms with van der Waals surface area (Å²) in [6, 6.07) is 3.68. The molecule has 4 rings (SSSR count). The smallest absolute Gasteiger partial charge is 0.228 e. The van der Waals surface area contributed by atoms with Gasteiger partial charge in [0.25, 0.3) is 0 Å². The summed E-state index contributed by atoms with van der Waals surface area (Å²) in [5, 5.41) is 8.48. The van der Waals surface area contributed by atoms with E-state index in [1.165, 1.54) is 0 Å². The second-order valence-corrected chi connectivity index (χ2v) is 6.36. The second kappa shape index (κ2) is 7.18. The van der Waals surface area contributed by atoms with Gasteiger partial charge in [-0.15, -0.1) is 5.10 Å². The molecule has 8 nitrogen and oxygen atoms in total. The lowest BCUT2D eigenvalue weighted by molar-refractivity contribution is -0.136. The van der Waals surface area contributed by atoms with E-state index in [9.17, 15) is 4.79 Å². The molecule has 0 spiro atoms. The lowest BCUT2D eigenvalue weighted by Gasteiger charge is -2.23. The summed E-state index contributed by atoms with van der Waals surface area (Å²) in [7, 11) is 0. The molecule has 132 valence electrons. The number of hydrogen-bond acceptors (Lipinski definition) is 6. The molecule has 4 heterocycles. The number of rotatable bonds is 4. The third kappa shape index (κ3) is 3.48. The average molecular weight is 343 g/mol. The van der Waals surface area contributed by atoms with Crippen molar-refractivity contribution >= 4 is 5.91 Å². The molecule has 2 aromatic heterocycles. The van der Waals surface area contributed by atoms with Crippen LogP contribution in [0.2, 0.25) is 0 Å². The monoisotopic (exact) mass is 343 g/mol. The van der Waals surface area contributed by atoms with Crippen LogP contribution in [0.3, 0.4) is 0 Å². The van der Waals surface area contributed by atoms with Gasteiger partial charge in [-0.1, -0.05) is 5.21 Å². The van der Waals surface area contributed by atoms with Crippen molar-refractivity contribution in [1.29, 1.82) is 0 Å². The zero-order chi connectivity index (χ0) is 17.1. The second-order valence-electron chi connectivity index (χ2n) is 6.36. The van der Waals surface area contributed by atoms with E-state index in [4.69, 9.17) is 9.47 Å². The minimum atomic E-state index is -0.0162. The summed E-state index contributed by atoms with van der Waals surface area (Å²) in [5.41, 5.74) is 1.72. The Labute approximate surface area is 145 Å². The predicted molar refractivity (Wildman–Crippen MR) is 87.6 cm³/mol. The highest BCUT2D eigenvalue weighted by molar-refractivity contribution is 5.79. The molecule has 2 aromatic rings. The van der Waals surface area contributed by atoms with Crippen LogP contribution in [-0.2, 0) is 29.2 Å². The van der Waals surface area contributed by atoms with E-state index < -0.39 is 0 Å². The minimum Gasteiger partial charge on any atom is -0.486 e. The number of ether oxygens (including phenoxy) is 2. The Balaban J connectivity index is 1.48. The highest BCUT2D eigenvalue weighted by Crippen LogP contribution is 2.21. The summed E-state index contributed by atoms with van der Waals surface area (Å²) in [4.78, 5) is 18.7. The van der Waals surface area contributed by atoms with Crippen molar-refractivity contribution in [2.24, 2.45) is 5.92 Å². The van der Waals surface area contributed by atoms with Crippen LogP contribution < -0.4 is 4.74 Å². The maximum Gasteiger partial charge on any atom is 0.228 e. The van der Waals surface area contributed by atoms with Crippen molar-refractivity contribution < 1.29 is 14.3 Å². The van der Waals surface area contributed by atoms with Crippen molar-refractivity contribution in [3.05, 3.63) is 35.9 Å². The Morgan fingerprint density at radius 3 is 3.16 bits per heavy atom. The number of fused-ring (bicyclic) bond motifs is 1. The van der Waals surface area contributed by atoms with Gasteiger partial charge in [0.2, 0.25) is 5.91 Å². The normalized spacial score (nSPS) is 20.2. The van der Waals surface area contributed by atoms with Crippen LogP contribution in [0.15, 0.2) is 24.5 Å². The van der Waals surface area contributed by atoms with Gasteiger partial charge in [0.1, 0.15) is 18.1 Å². The van der Waals surface area contributed by atoms with E-state index in [2.05, 4.69) is 15.3 Å². The number of amides is 1. The van der Waals surface area contributed by atoms with Gasteiger partial charge >= 0.3 is 0 Å². The highest BCUT2D eigenvalue weighted by Gasteiger charge is 2.30. The molecular weight excluding hydrogens is 322 g/mol. The molecule has 1 unspecified atom stereocenters. The molecule has 0 N–H and O–H groups in total. The zero-order valence-electron chi connectivity index (χ0n) is 14.0. The SMILES string of the molecule is O=C(C1CCOC1)N1CCCn2nnc(COc3cccnc3)c2C1. The van der Waals surface area contributed by atoms with Crippen molar-refractivity contribution in [3.8, 4) is 5.75 Å². The molecule has 25 heavy (non-hydrogen) atoms. The van der Waals surface area contributed by atoms with Gasteiger partial charge in [-0.25, -0.2) is 4.68 Å². The number of aryl methyl sites for hydroxylation is 1. The molecular formula is C17H21N5O3. The number of aromatic nitrogens is 4. The van der Waals surface area contributed by atoms with Crippen molar-refractivity contribution in [1.82, 2.24) is 24.9 Å². The minimum absolute atomic E-state index is 0.0162. The number of carbonyl (C=O) groups excluding carboxylic acids is 1. The third-order valence-electron chi connectivity index (χ3n) is 4.66. The van der Waals surface area contributed by atoms with Crippen molar-refractivity contribution in [3.63, 3.8) is 0 Å². The van der Waals surface area contributed by atoms with E-state index in [0.717, 1.165) is 37.3 Å². The molecule has 1 saturated heterocycles. The predicted octanol–water partition coefficient (Wildman–Crippen LogP) is 1.02. The summed E-state index contributed by atoms with van der Waals surface area (Å²) >= 11 is 0. The van der Waals surface area contributed by atoms with Gasteiger partial charge in [0.15, 0.2) is 0 Å². The van der Waals surface area contributed by atoms with Crippen LogP contribution in [0.4, 0.5) is 0 Å². The third-order valence-corrected chi connectivity index (χ3v) is 4.66. The first-order chi connectivity index (χ1) is 12.3. The number of carbonyl (C=O) groups is 1. The van der Waals surface area contributed by atoms with Crippen LogP contribution in [0.5, 0.6) is 5.75 Å². The Morgan fingerprint density at radius 2 is 2.36 bits per heavy atom. The lowest BCUT2D eigenvalue weighted by atomic mass is 10.1. The Morgan fingerprint density at radius 1 is 1.40 bits per heavy atom. The summed E-state index contributed by atoms with van der Waals surface area (Å²) in [6.07, 6.45) is 5.05. The molecule has 1 atom stereocenters. The fourth-order valence-electron chi connectivity index (χ4n) is 3.26. The molecule has 0 saturated carbocycles. The van der Waals surface area contributed by atoms with Crippen molar-refractivity contribution in [2.75, 3.05) is 19.8 Å². The number of hydrogen-bond donors (Lipinski definition) is 0.